The van der Waals surface area contributed by atoms with Crippen LogP contribution >= 0.6 is 24.0 Å². The summed E-state index contributed by atoms with van der Waals surface area (Å²) in [4.78, 5) is 11.8. The topological polar surface area (TPSA) is 82.0 Å². The Hall–Kier alpha value is -1.13. The van der Waals surface area contributed by atoms with E-state index in [1.807, 2.05) is 6.20 Å². The van der Waals surface area contributed by atoms with Crippen molar-refractivity contribution in [1.82, 2.24) is 15.6 Å². The van der Waals surface area contributed by atoms with E-state index in [-0.39, 0.29) is 48.2 Å². The molecule has 2 unspecified atom stereocenters. The van der Waals surface area contributed by atoms with E-state index < -0.39 is 0 Å². The van der Waals surface area contributed by atoms with Gasteiger partial charge in [0.05, 0.1) is 18.8 Å². The van der Waals surface area contributed by atoms with Crippen molar-refractivity contribution < 1.29 is 9.84 Å². The number of hydrogen-bond donors (Lipinski definition) is 3. The van der Waals surface area contributed by atoms with Gasteiger partial charge in [0.2, 0.25) is 0 Å². The highest BCUT2D eigenvalue weighted by Gasteiger charge is 2.31. The Kier molecular flexibility index (Phi) is 11.5. The first-order valence-corrected chi connectivity index (χ1v) is 12.0. The molecule has 2 atom stereocenters. The molecular weight excluding hydrogens is 517 g/mol. The van der Waals surface area contributed by atoms with Crippen LogP contribution in [0, 0.1) is 5.41 Å². The van der Waals surface area contributed by atoms with E-state index >= 15 is 0 Å². The van der Waals surface area contributed by atoms with Gasteiger partial charge < -0.3 is 25.4 Å². The smallest absolute Gasteiger partial charge is 0.191 e. The second-order valence-electron chi connectivity index (χ2n) is 9.27. The minimum atomic E-state index is 0. The van der Waals surface area contributed by atoms with Crippen molar-refractivity contribution >= 4 is 35.8 Å². The van der Waals surface area contributed by atoms with E-state index in [0.29, 0.717) is 6.54 Å². The number of halogens is 1. The summed E-state index contributed by atoms with van der Waals surface area (Å²) < 4.78 is 5.82. The lowest BCUT2D eigenvalue weighted by molar-refractivity contribution is -0.00546. The Morgan fingerprint density at radius 3 is 2.50 bits per heavy atom. The highest BCUT2D eigenvalue weighted by molar-refractivity contribution is 14.0. The largest absolute Gasteiger partial charge is 0.396 e. The van der Waals surface area contributed by atoms with Crippen molar-refractivity contribution in [2.24, 2.45) is 10.4 Å². The third kappa shape index (κ3) is 8.02. The van der Waals surface area contributed by atoms with Crippen molar-refractivity contribution in [3.63, 3.8) is 0 Å². The van der Waals surface area contributed by atoms with Gasteiger partial charge in [0.15, 0.2) is 5.96 Å². The molecule has 2 heterocycles. The number of hydrogen-bond acceptors (Lipinski definition) is 5. The van der Waals surface area contributed by atoms with E-state index in [0.717, 1.165) is 49.9 Å². The van der Waals surface area contributed by atoms with Crippen molar-refractivity contribution in [3.8, 4) is 0 Å². The Balaban J connectivity index is 0.00000363. The van der Waals surface area contributed by atoms with E-state index in [4.69, 9.17) is 9.73 Å². The van der Waals surface area contributed by atoms with E-state index in [1.165, 1.54) is 32.1 Å². The molecule has 0 radical (unpaired) electrons. The first-order valence-electron chi connectivity index (χ1n) is 12.0. The fourth-order valence-corrected chi connectivity index (χ4v) is 4.90. The molecule has 0 spiro atoms. The van der Waals surface area contributed by atoms with Gasteiger partial charge in [-0.2, -0.15) is 0 Å². The summed E-state index contributed by atoms with van der Waals surface area (Å²) in [6.07, 6.45) is 9.44. The average Bonchev–Trinajstić information content (AvgIpc) is 2.76. The van der Waals surface area contributed by atoms with Crippen LogP contribution < -0.4 is 15.5 Å². The number of rotatable bonds is 8. The lowest BCUT2D eigenvalue weighted by Crippen LogP contribution is -2.45. The molecule has 3 N–H and O–H groups in total. The Morgan fingerprint density at radius 2 is 1.91 bits per heavy atom. The zero-order chi connectivity index (χ0) is 22.1. The van der Waals surface area contributed by atoms with Crippen LogP contribution in [0.15, 0.2) is 23.3 Å². The van der Waals surface area contributed by atoms with E-state index in [1.54, 1.807) is 0 Å². The van der Waals surface area contributed by atoms with Crippen LogP contribution in [0.3, 0.4) is 0 Å². The molecule has 32 heavy (non-hydrogen) atoms. The molecule has 1 saturated carbocycles. The number of aromatic nitrogens is 1. The molecule has 8 heteroatoms. The molecule has 7 nitrogen and oxygen atoms in total. The summed E-state index contributed by atoms with van der Waals surface area (Å²) in [6, 6.07) is 4.21. The van der Waals surface area contributed by atoms with Crippen molar-refractivity contribution in [1.29, 1.82) is 0 Å². The van der Waals surface area contributed by atoms with Gasteiger partial charge in [0.1, 0.15) is 5.82 Å². The van der Waals surface area contributed by atoms with Crippen LogP contribution in [0.4, 0.5) is 5.82 Å². The zero-order valence-corrected chi connectivity index (χ0v) is 22.3. The Morgan fingerprint density at radius 1 is 1.19 bits per heavy atom. The molecule has 3 rings (SSSR count). The predicted octanol–water partition coefficient (Wildman–Crippen LogP) is 3.70. The first-order chi connectivity index (χ1) is 15.0. The fourth-order valence-electron chi connectivity index (χ4n) is 4.90. The number of pyridine rings is 1. The van der Waals surface area contributed by atoms with E-state index in [2.05, 4.69) is 53.4 Å². The van der Waals surface area contributed by atoms with Crippen LogP contribution in [0.1, 0.15) is 64.9 Å². The highest BCUT2D eigenvalue weighted by Crippen LogP contribution is 2.38. The molecule has 0 aromatic carbocycles. The van der Waals surface area contributed by atoms with Crippen LogP contribution in [0.2, 0.25) is 0 Å². The predicted molar refractivity (Wildman–Crippen MR) is 142 cm³/mol. The number of anilines is 1. The number of aliphatic hydroxyl groups is 1. The summed E-state index contributed by atoms with van der Waals surface area (Å²) in [5.74, 6) is 1.84. The second kappa shape index (κ2) is 13.5. The quantitative estimate of drug-likeness (QED) is 0.256. The normalized spacial score (nSPS) is 23.4. The van der Waals surface area contributed by atoms with Gasteiger partial charge in [0, 0.05) is 39.0 Å². The van der Waals surface area contributed by atoms with Crippen LogP contribution in [-0.2, 0) is 11.3 Å². The minimum absolute atomic E-state index is 0. The molecule has 1 aliphatic heterocycles. The summed E-state index contributed by atoms with van der Waals surface area (Å²) in [7, 11) is 0. The number of nitrogens with one attached hydrogen (secondary N) is 2. The van der Waals surface area contributed by atoms with Crippen molar-refractivity contribution in [2.75, 3.05) is 37.7 Å². The number of aliphatic hydroxyl groups excluding tert-OH is 1. The molecule has 0 bridgehead atoms. The molecule has 1 saturated heterocycles. The lowest BCUT2D eigenvalue weighted by Gasteiger charge is -2.37. The third-order valence-electron chi connectivity index (χ3n) is 6.50. The van der Waals surface area contributed by atoms with Crippen LogP contribution in [0.25, 0.3) is 0 Å². The van der Waals surface area contributed by atoms with Gasteiger partial charge in [-0.3, -0.25) is 0 Å². The molecule has 1 aromatic rings. The van der Waals surface area contributed by atoms with Gasteiger partial charge in [-0.25, -0.2) is 9.98 Å². The number of nitrogens with zero attached hydrogens (tertiary/aromatic N) is 3. The fraction of sp³-hybridized carbons (Fsp3) is 0.750. The lowest BCUT2D eigenvalue weighted by atomic mass is 9.72. The average molecular weight is 560 g/mol. The Labute approximate surface area is 210 Å². The number of ether oxygens (including phenoxy) is 1. The van der Waals surface area contributed by atoms with Gasteiger partial charge >= 0.3 is 0 Å². The van der Waals surface area contributed by atoms with Crippen LogP contribution in [-0.4, -0.2) is 61.0 Å². The summed E-state index contributed by atoms with van der Waals surface area (Å²) in [5, 5.41) is 16.5. The number of morpholine rings is 1. The van der Waals surface area contributed by atoms with Gasteiger partial charge in [-0.05, 0) is 57.1 Å². The molecule has 1 aliphatic carbocycles. The highest BCUT2D eigenvalue weighted by atomic mass is 127. The SMILES string of the molecule is CCNC(=NCc1ccc(N2CC(C)OC(C)C2)nc1)NCC1(CCO)CCCCC1.I. The molecule has 2 fully saturated rings. The van der Waals surface area contributed by atoms with Gasteiger partial charge in [-0.15, -0.1) is 24.0 Å². The van der Waals surface area contributed by atoms with Gasteiger partial charge in [-0.1, -0.05) is 25.3 Å². The van der Waals surface area contributed by atoms with Crippen molar-refractivity contribution in [2.45, 2.75) is 78.0 Å². The van der Waals surface area contributed by atoms with Crippen LogP contribution in [0.5, 0.6) is 0 Å². The minimum Gasteiger partial charge on any atom is -0.396 e. The molecule has 2 aliphatic rings. The molecular formula is C24H42IN5O2. The maximum Gasteiger partial charge on any atom is 0.191 e. The standard InChI is InChI=1S/C24H41N5O2.HI/c1-4-25-23(28-18-24(12-13-30)10-6-5-7-11-24)27-15-21-8-9-22(26-14-21)29-16-19(2)31-20(3)17-29;/h8-9,14,19-20,30H,4-7,10-13,15-18H2,1-3H3,(H2,25,27,28);1H. The maximum atomic E-state index is 9.56. The summed E-state index contributed by atoms with van der Waals surface area (Å²) >= 11 is 0. The zero-order valence-electron chi connectivity index (χ0n) is 20.0. The number of guanidine groups is 1. The third-order valence-corrected chi connectivity index (χ3v) is 6.50. The molecule has 0 amide bonds. The second-order valence-corrected chi connectivity index (χ2v) is 9.27. The summed E-state index contributed by atoms with van der Waals surface area (Å²) in [6.45, 7) is 10.6. The monoisotopic (exact) mass is 559 g/mol. The first kappa shape index (κ1) is 27.1. The van der Waals surface area contributed by atoms with Crippen molar-refractivity contribution in [3.05, 3.63) is 23.9 Å². The van der Waals surface area contributed by atoms with E-state index in [9.17, 15) is 5.11 Å². The molecule has 1 aromatic heterocycles. The number of aliphatic imine (C=N–C) groups is 1. The molecule has 182 valence electrons. The summed E-state index contributed by atoms with van der Waals surface area (Å²) in [5.41, 5.74) is 1.29. The Bertz CT molecular complexity index is 679. The maximum absolute atomic E-state index is 9.56. The van der Waals surface area contributed by atoms with Gasteiger partial charge in [0.25, 0.3) is 0 Å².